The normalized spacial score (nSPS) is 9.75. The molecule has 0 N–H and O–H groups in total. The second-order valence-electron chi connectivity index (χ2n) is 3.98. The monoisotopic (exact) mass is 339 g/mol. The number of ether oxygens (including phenoxy) is 2. The second kappa shape index (κ2) is 7.75. The molecule has 0 bridgehead atoms. The lowest BCUT2D eigenvalue weighted by Gasteiger charge is -2.20. The van der Waals surface area contributed by atoms with Crippen molar-refractivity contribution in [2.45, 2.75) is 0 Å². The summed E-state index contributed by atoms with van der Waals surface area (Å²) in [6.45, 7) is 8.21. The highest BCUT2D eigenvalue weighted by atomic mass is 79.9. The van der Waals surface area contributed by atoms with Gasteiger partial charge in [-0.25, -0.2) is 0 Å². The number of nitrogens with zero attached hydrogens (tertiary/aromatic N) is 1. The van der Waals surface area contributed by atoms with Gasteiger partial charge in [-0.15, -0.1) is 13.2 Å². The van der Waals surface area contributed by atoms with E-state index in [-0.39, 0.29) is 5.91 Å². The molecule has 20 heavy (non-hydrogen) atoms. The Morgan fingerprint density at radius 2 is 1.65 bits per heavy atom. The third kappa shape index (κ3) is 3.63. The summed E-state index contributed by atoms with van der Waals surface area (Å²) in [4.78, 5) is 14.1. The summed E-state index contributed by atoms with van der Waals surface area (Å²) in [6.07, 6.45) is 3.35. The molecule has 1 amide bonds. The summed E-state index contributed by atoms with van der Waals surface area (Å²) in [7, 11) is 3.08. The smallest absolute Gasteiger partial charge is 0.254 e. The van der Waals surface area contributed by atoms with E-state index in [0.717, 1.165) is 0 Å². The number of rotatable bonds is 7. The molecule has 0 saturated heterocycles. The van der Waals surface area contributed by atoms with Crippen LogP contribution >= 0.6 is 15.9 Å². The fourth-order valence-corrected chi connectivity index (χ4v) is 2.28. The molecule has 1 aromatic rings. The van der Waals surface area contributed by atoms with Gasteiger partial charge in [0.2, 0.25) is 0 Å². The zero-order valence-electron chi connectivity index (χ0n) is 11.7. The number of hydrogen-bond acceptors (Lipinski definition) is 3. The molecular formula is C15H18BrNO3. The third-order valence-electron chi connectivity index (χ3n) is 2.68. The van der Waals surface area contributed by atoms with Crippen LogP contribution in [0.25, 0.3) is 0 Å². The Morgan fingerprint density at radius 1 is 1.20 bits per heavy atom. The maximum atomic E-state index is 12.5. The molecule has 0 unspecified atom stereocenters. The molecule has 0 radical (unpaired) electrons. The van der Waals surface area contributed by atoms with E-state index in [1.807, 2.05) is 0 Å². The van der Waals surface area contributed by atoms with Crippen LogP contribution in [0.2, 0.25) is 0 Å². The Kier molecular flexibility index (Phi) is 6.31. The van der Waals surface area contributed by atoms with E-state index >= 15 is 0 Å². The minimum absolute atomic E-state index is 0.131. The van der Waals surface area contributed by atoms with E-state index in [1.165, 1.54) is 0 Å². The molecule has 0 atom stereocenters. The molecule has 0 fully saturated rings. The molecule has 0 aromatic heterocycles. The summed E-state index contributed by atoms with van der Waals surface area (Å²) >= 11 is 3.38. The number of benzene rings is 1. The molecule has 0 spiro atoms. The topological polar surface area (TPSA) is 38.8 Å². The van der Waals surface area contributed by atoms with Crippen LogP contribution in [-0.2, 0) is 0 Å². The van der Waals surface area contributed by atoms with E-state index < -0.39 is 0 Å². The first-order valence-corrected chi connectivity index (χ1v) is 6.80. The standard InChI is InChI=1S/C15H18BrNO3/c1-5-7-17(8-6-2)15(18)11-9-12(19-3)14(16)13(10-11)20-4/h5-6,9-10H,1-2,7-8H2,3-4H3. The van der Waals surface area contributed by atoms with Crippen LogP contribution in [0.3, 0.4) is 0 Å². The van der Waals surface area contributed by atoms with Crippen molar-refractivity contribution in [1.29, 1.82) is 0 Å². The molecule has 0 aliphatic carbocycles. The van der Waals surface area contributed by atoms with Crippen molar-refractivity contribution in [1.82, 2.24) is 4.90 Å². The van der Waals surface area contributed by atoms with Crippen LogP contribution in [0.15, 0.2) is 41.9 Å². The van der Waals surface area contributed by atoms with E-state index in [4.69, 9.17) is 9.47 Å². The Morgan fingerprint density at radius 3 is 2.00 bits per heavy atom. The maximum Gasteiger partial charge on any atom is 0.254 e. The van der Waals surface area contributed by atoms with Gasteiger partial charge in [-0.2, -0.15) is 0 Å². The zero-order valence-corrected chi connectivity index (χ0v) is 13.3. The predicted octanol–water partition coefficient (Wildman–Crippen LogP) is 3.28. The molecule has 0 saturated carbocycles. The highest BCUT2D eigenvalue weighted by Crippen LogP contribution is 2.35. The molecule has 4 nitrogen and oxygen atoms in total. The molecule has 0 aliphatic heterocycles. The van der Waals surface area contributed by atoms with Crippen molar-refractivity contribution in [3.8, 4) is 11.5 Å². The summed E-state index contributed by atoms with van der Waals surface area (Å²) < 4.78 is 11.2. The van der Waals surface area contributed by atoms with Gasteiger partial charge in [0, 0.05) is 18.7 Å². The van der Waals surface area contributed by atoms with Crippen LogP contribution < -0.4 is 9.47 Å². The summed E-state index contributed by atoms with van der Waals surface area (Å²) in [6, 6.07) is 3.35. The van der Waals surface area contributed by atoms with Crippen LogP contribution in [0.4, 0.5) is 0 Å². The van der Waals surface area contributed by atoms with E-state index in [0.29, 0.717) is 34.6 Å². The van der Waals surface area contributed by atoms with Crippen LogP contribution in [-0.4, -0.2) is 38.1 Å². The number of amides is 1. The Hall–Kier alpha value is -1.75. The number of carbonyl (C=O) groups excluding carboxylic acids is 1. The molecule has 108 valence electrons. The maximum absolute atomic E-state index is 12.5. The average Bonchev–Trinajstić information content (AvgIpc) is 2.46. The molecule has 0 heterocycles. The van der Waals surface area contributed by atoms with E-state index in [9.17, 15) is 4.79 Å². The Labute approximate surface area is 127 Å². The van der Waals surface area contributed by atoms with Crippen molar-refractivity contribution in [2.75, 3.05) is 27.3 Å². The van der Waals surface area contributed by atoms with Crippen molar-refractivity contribution in [3.63, 3.8) is 0 Å². The van der Waals surface area contributed by atoms with Crippen LogP contribution in [0.1, 0.15) is 10.4 Å². The molecule has 1 rings (SSSR count). The lowest BCUT2D eigenvalue weighted by atomic mass is 10.1. The first-order chi connectivity index (χ1) is 9.58. The average molecular weight is 340 g/mol. The quantitative estimate of drug-likeness (QED) is 0.715. The number of carbonyl (C=O) groups is 1. The SMILES string of the molecule is C=CCN(CC=C)C(=O)c1cc(OC)c(Br)c(OC)c1. The van der Waals surface area contributed by atoms with Crippen molar-refractivity contribution >= 4 is 21.8 Å². The largest absolute Gasteiger partial charge is 0.495 e. The van der Waals surface area contributed by atoms with Gasteiger partial charge in [0.1, 0.15) is 16.0 Å². The summed E-state index contributed by atoms with van der Waals surface area (Å²) in [5, 5.41) is 0. The van der Waals surface area contributed by atoms with Gasteiger partial charge in [-0.1, -0.05) is 12.2 Å². The minimum atomic E-state index is -0.131. The van der Waals surface area contributed by atoms with E-state index in [2.05, 4.69) is 29.1 Å². The van der Waals surface area contributed by atoms with Crippen molar-refractivity contribution in [2.24, 2.45) is 0 Å². The van der Waals surface area contributed by atoms with Crippen molar-refractivity contribution in [3.05, 3.63) is 47.5 Å². The fourth-order valence-electron chi connectivity index (χ4n) is 1.73. The minimum Gasteiger partial charge on any atom is -0.495 e. The molecule has 0 aliphatic rings. The van der Waals surface area contributed by atoms with Crippen LogP contribution in [0.5, 0.6) is 11.5 Å². The number of methoxy groups -OCH3 is 2. The van der Waals surface area contributed by atoms with Gasteiger partial charge in [-0.3, -0.25) is 4.79 Å². The molecule has 5 heteroatoms. The van der Waals surface area contributed by atoms with Gasteiger partial charge >= 0.3 is 0 Å². The molecular weight excluding hydrogens is 322 g/mol. The fraction of sp³-hybridized carbons (Fsp3) is 0.267. The highest BCUT2D eigenvalue weighted by Gasteiger charge is 2.18. The lowest BCUT2D eigenvalue weighted by molar-refractivity contribution is 0.0790. The Balaban J connectivity index is 3.19. The third-order valence-corrected chi connectivity index (χ3v) is 3.46. The number of hydrogen-bond donors (Lipinski definition) is 0. The second-order valence-corrected chi connectivity index (χ2v) is 4.78. The summed E-state index contributed by atoms with van der Waals surface area (Å²) in [5.74, 6) is 0.962. The first-order valence-electron chi connectivity index (χ1n) is 6.01. The zero-order chi connectivity index (χ0) is 15.1. The van der Waals surface area contributed by atoms with Gasteiger partial charge in [0.15, 0.2) is 0 Å². The Bertz CT molecular complexity index is 479. The van der Waals surface area contributed by atoms with Gasteiger partial charge in [0.05, 0.1) is 14.2 Å². The van der Waals surface area contributed by atoms with Gasteiger partial charge in [-0.05, 0) is 28.1 Å². The van der Waals surface area contributed by atoms with Gasteiger partial charge in [0.25, 0.3) is 5.91 Å². The molecule has 1 aromatic carbocycles. The highest BCUT2D eigenvalue weighted by molar-refractivity contribution is 9.10. The summed E-state index contributed by atoms with van der Waals surface area (Å²) in [5.41, 5.74) is 0.491. The van der Waals surface area contributed by atoms with Crippen LogP contribution in [0, 0.1) is 0 Å². The van der Waals surface area contributed by atoms with E-state index in [1.54, 1.807) is 43.4 Å². The predicted molar refractivity (Wildman–Crippen MR) is 83.5 cm³/mol. The van der Waals surface area contributed by atoms with Gasteiger partial charge < -0.3 is 14.4 Å². The van der Waals surface area contributed by atoms with Crippen molar-refractivity contribution < 1.29 is 14.3 Å². The first kappa shape index (κ1) is 16.3. The number of halogens is 1. The lowest BCUT2D eigenvalue weighted by Crippen LogP contribution is -2.31.